The van der Waals surface area contributed by atoms with Crippen LogP contribution in [-0.4, -0.2) is 29.5 Å². The minimum Gasteiger partial charge on any atom is -0.486 e. The van der Waals surface area contributed by atoms with E-state index in [9.17, 15) is 14.0 Å². The van der Waals surface area contributed by atoms with Crippen LogP contribution >= 0.6 is 11.3 Å². The molecule has 166 valence electrons. The van der Waals surface area contributed by atoms with Crippen LogP contribution in [0.4, 0.5) is 10.1 Å². The number of hydrogen-bond acceptors (Lipinski definition) is 7. The number of halogens is 1. The van der Waals surface area contributed by atoms with Crippen molar-refractivity contribution in [3.8, 4) is 11.5 Å². The van der Waals surface area contributed by atoms with Crippen molar-refractivity contribution in [2.24, 2.45) is 0 Å². The second-order valence-electron chi connectivity index (χ2n) is 7.10. The summed E-state index contributed by atoms with van der Waals surface area (Å²) < 4.78 is 29.4. The zero-order valence-electron chi connectivity index (χ0n) is 17.3. The molecular weight excluding hydrogens is 435 g/mol. The maximum Gasteiger partial charge on any atom is 0.307 e. The zero-order chi connectivity index (χ0) is 22.5. The molecule has 0 saturated carbocycles. The van der Waals surface area contributed by atoms with Crippen molar-refractivity contribution < 1.29 is 28.2 Å². The van der Waals surface area contributed by atoms with Gasteiger partial charge in [-0.15, -0.1) is 11.3 Å². The highest BCUT2D eigenvalue weighted by Gasteiger charge is 2.31. The average molecular weight is 456 g/mol. The van der Waals surface area contributed by atoms with Crippen molar-refractivity contribution in [1.29, 1.82) is 0 Å². The van der Waals surface area contributed by atoms with Gasteiger partial charge < -0.3 is 19.1 Å². The van der Waals surface area contributed by atoms with Gasteiger partial charge in [0.15, 0.2) is 6.10 Å². The molecule has 4 rings (SSSR count). The maximum atomic E-state index is 12.9. The quantitative estimate of drug-likeness (QED) is 0.475. The Balaban J connectivity index is 1.25. The maximum absolute atomic E-state index is 12.9. The largest absolute Gasteiger partial charge is 0.486 e. The van der Waals surface area contributed by atoms with Gasteiger partial charge in [0.25, 0.3) is 5.91 Å². The van der Waals surface area contributed by atoms with Crippen molar-refractivity contribution in [2.45, 2.75) is 32.7 Å². The summed E-state index contributed by atoms with van der Waals surface area (Å²) in [5.74, 6) is 0.217. The molecule has 1 aromatic heterocycles. The number of anilines is 1. The van der Waals surface area contributed by atoms with Crippen LogP contribution in [0.3, 0.4) is 0 Å². The van der Waals surface area contributed by atoms with Gasteiger partial charge in [-0.05, 0) is 43.3 Å². The number of thiazole rings is 1. The van der Waals surface area contributed by atoms with Crippen LogP contribution < -0.4 is 14.4 Å². The second kappa shape index (κ2) is 9.78. The van der Waals surface area contributed by atoms with E-state index in [0.717, 1.165) is 0 Å². The number of ether oxygens (including phenoxy) is 3. The minimum atomic E-state index is -0.605. The van der Waals surface area contributed by atoms with E-state index in [1.807, 2.05) is 12.1 Å². The molecule has 0 fully saturated rings. The van der Waals surface area contributed by atoms with Gasteiger partial charge in [0.1, 0.15) is 35.5 Å². The molecule has 1 aliphatic heterocycles. The first-order valence-electron chi connectivity index (χ1n) is 10.0. The van der Waals surface area contributed by atoms with Crippen LogP contribution in [0.2, 0.25) is 0 Å². The highest BCUT2D eigenvalue weighted by molar-refractivity contribution is 7.09. The third-order valence-electron chi connectivity index (χ3n) is 4.77. The summed E-state index contributed by atoms with van der Waals surface area (Å²) in [5, 5.41) is 2.50. The lowest BCUT2D eigenvalue weighted by Crippen LogP contribution is -2.45. The molecule has 0 saturated heterocycles. The van der Waals surface area contributed by atoms with E-state index in [2.05, 4.69) is 4.98 Å². The first-order valence-corrected chi connectivity index (χ1v) is 10.9. The Kier molecular flexibility index (Phi) is 6.65. The molecule has 1 atom stereocenters. The SMILES string of the molecule is CC1Oc2ccccc2N(CCC(=O)OCc2csc(COc3ccc(F)cc3)n2)C1=O. The van der Waals surface area contributed by atoms with Gasteiger partial charge in [0, 0.05) is 11.9 Å². The Bertz CT molecular complexity index is 1100. The van der Waals surface area contributed by atoms with Crippen LogP contribution in [0.15, 0.2) is 53.9 Å². The van der Waals surface area contributed by atoms with Crippen molar-refractivity contribution in [3.05, 3.63) is 70.4 Å². The summed E-state index contributed by atoms with van der Waals surface area (Å²) in [5.41, 5.74) is 1.26. The van der Waals surface area contributed by atoms with Gasteiger partial charge >= 0.3 is 5.97 Å². The number of aromatic nitrogens is 1. The number of esters is 1. The highest BCUT2D eigenvalue weighted by Crippen LogP contribution is 2.33. The predicted octanol–water partition coefficient (Wildman–Crippen LogP) is 4.11. The van der Waals surface area contributed by atoms with Crippen LogP contribution in [0.5, 0.6) is 11.5 Å². The molecule has 2 aromatic carbocycles. The van der Waals surface area contributed by atoms with Crippen LogP contribution in [0.1, 0.15) is 24.0 Å². The molecule has 0 bridgehead atoms. The van der Waals surface area contributed by atoms with Crippen LogP contribution in [0.25, 0.3) is 0 Å². The molecule has 32 heavy (non-hydrogen) atoms. The number of amides is 1. The van der Waals surface area contributed by atoms with Crippen molar-refractivity contribution in [2.75, 3.05) is 11.4 Å². The topological polar surface area (TPSA) is 78.0 Å². The van der Waals surface area contributed by atoms with E-state index >= 15 is 0 Å². The lowest BCUT2D eigenvalue weighted by Gasteiger charge is -2.32. The summed E-state index contributed by atoms with van der Waals surface area (Å²) in [4.78, 5) is 30.6. The van der Waals surface area contributed by atoms with Gasteiger partial charge in [-0.1, -0.05) is 12.1 Å². The Morgan fingerprint density at radius 1 is 1.19 bits per heavy atom. The Morgan fingerprint density at radius 3 is 2.78 bits per heavy atom. The molecule has 9 heteroatoms. The molecule has 0 aliphatic carbocycles. The Morgan fingerprint density at radius 2 is 1.97 bits per heavy atom. The van der Waals surface area contributed by atoms with E-state index in [-0.39, 0.29) is 37.9 Å². The molecule has 0 radical (unpaired) electrons. The monoisotopic (exact) mass is 456 g/mol. The zero-order valence-corrected chi connectivity index (χ0v) is 18.1. The molecule has 1 amide bonds. The van der Waals surface area contributed by atoms with E-state index < -0.39 is 12.1 Å². The number of benzene rings is 2. The lowest BCUT2D eigenvalue weighted by atomic mass is 10.2. The van der Waals surface area contributed by atoms with E-state index in [0.29, 0.717) is 27.9 Å². The molecule has 0 spiro atoms. The number of carbonyl (C=O) groups excluding carboxylic acids is 2. The molecule has 7 nitrogen and oxygen atoms in total. The Labute approximate surface area is 188 Å². The van der Waals surface area contributed by atoms with Crippen molar-refractivity contribution >= 4 is 28.9 Å². The average Bonchev–Trinajstić information content (AvgIpc) is 3.25. The van der Waals surface area contributed by atoms with E-state index in [1.54, 1.807) is 41.5 Å². The van der Waals surface area contributed by atoms with Gasteiger partial charge in [-0.3, -0.25) is 9.59 Å². The third-order valence-corrected chi connectivity index (χ3v) is 5.64. The minimum absolute atomic E-state index is 0.0376. The number of carbonyl (C=O) groups is 2. The molecule has 0 N–H and O–H groups in total. The summed E-state index contributed by atoms with van der Waals surface area (Å²) in [6.45, 7) is 2.16. The molecular formula is C23H21FN2O5S. The summed E-state index contributed by atoms with van der Waals surface area (Å²) in [6.07, 6.45) is -0.552. The number of rotatable bonds is 8. The van der Waals surface area contributed by atoms with E-state index in [4.69, 9.17) is 14.2 Å². The molecule has 3 aromatic rings. The highest BCUT2D eigenvalue weighted by atomic mass is 32.1. The summed E-state index contributed by atoms with van der Waals surface area (Å²) in [7, 11) is 0. The fourth-order valence-electron chi connectivity index (χ4n) is 3.18. The number of nitrogens with zero attached hydrogens (tertiary/aromatic N) is 2. The first kappa shape index (κ1) is 21.8. The van der Waals surface area contributed by atoms with Crippen LogP contribution in [0, 0.1) is 5.82 Å². The lowest BCUT2D eigenvalue weighted by molar-refractivity contribution is -0.144. The molecule has 1 aliphatic rings. The fraction of sp³-hybridized carbons (Fsp3) is 0.261. The molecule has 2 heterocycles. The number of para-hydroxylation sites is 2. The normalized spacial score (nSPS) is 15.1. The van der Waals surface area contributed by atoms with Gasteiger partial charge in [-0.2, -0.15) is 0 Å². The molecule has 1 unspecified atom stereocenters. The summed E-state index contributed by atoms with van der Waals surface area (Å²) in [6, 6.07) is 13.0. The summed E-state index contributed by atoms with van der Waals surface area (Å²) >= 11 is 1.38. The Hall–Kier alpha value is -3.46. The van der Waals surface area contributed by atoms with Gasteiger partial charge in [0.2, 0.25) is 0 Å². The third kappa shape index (κ3) is 5.23. The van der Waals surface area contributed by atoms with Crippen LogP contribution in [-0.2, 0) is 27.5 Å². The predicted molar refractivity (Wildman–Crippen MR) is 116 cm³/mol. The van der Waals surface area contributed by atoms with Gasteiger partial charge in [-0.25, -0.2) is 9.37 Å². The smallest absolute Gasteiger partial charge is 0.307 e. The first-order chi connectivity index (χ1) is 15.5. The number of fused-ring (bicyclic) bond motifs is 1. The van der Waals surface area contributed by atoms with Crippen molar-refractivity contribution in [3.63, 3.8) is 0 Å². The fourth-order valence-corrected chi connectivity index (χ4v) is 3.87. The number of hydrogen-bond donors (Lipinski definition) is 0. The standard InChI is InChI=1S/C23H21FN2O5S/c1-15-23(28)26(19-4-2-3-5-20(19)31-15)11-10-22(27)30-12-17-14-32-21(25-17)13-29-18-8-6-16(24)7-9-18/h2-9,14-15H,10-13H2,1H3. The second-order valence-corrected chi connectivity index (χ2v) is 8.05. The van der Waals surface area contributed by atoms with Gasteiger partial charge in [0.05, 0.1) is 17.8 Å². The van der Waals surface area contributed by atoms with Crippen molar-refractivity contribution in [1.82, 2.24) is 4.98 Å². The van der Waals surface area contributed by atoms with E-state index in [1.165, 1.54) is 23.5 Å².